The second-order valence-electron chi connectivity index (χ2n) is 12.7. The van der Waals surface area contributed by atoms with Crippen LogP contribution < -0.4 is 5.73 Å². The Morgan fingerprint density at radius 1 is 0.745 bits per heavy atom. The topological polar surface area (TPSA) is 39.2 Å². The van der Waals surface area contributed by atoms with Gasteiger partial charge in [0.2, 0.25) is 0 Å². The number of rotatable bonds is 4. The number of aryl methyl sites for hydroxylation is 1. The quantitative estimate of drug-likeness (QED) is 0.202. The first kappa shape index (κ1) is 30.1. The highest BCUT2D eigenvalue weighted by molar-refractivity contribution is 5.99. The van der Waals surface area contributed by atoms with Crippen molar-refractivity contribution in [3.8, 4) is 22.3 Å². The average molecular weight is 610 g/mol. The predicted octanol–water partition coefficient (Wildman–Crippen LogP) is 11.9. The molecule has 0 saturated carbocycles. The van der Waals surface area contributed by atoms with Crippen LogP contribution in [0, 0.1) is 0 Å². The fourth-order valence-corrected chi connectivity index (χ4v) is 6.91. The molecule has 0 atom stereocenters. The molecule has 0 radical (unpaired) electrons. The van der Waals surface area contributed by atoms with Gasteiger partial charge in [-0.2, -0.15) is 0 Å². The monoisotopic (exact) mass is 609 g/mol. The fraction of sp³-hybridized carbons (Fsp3) is 0.111. The lowest BCUT2D eigenvalue weighted by molar-refractivity contribution is 0.546. The fourth-order valence-electron chi connectivity index (χ4n) is 6.91. The van der Waals surface area contributed by atoms with Crippen molar-refractivity contribution < 1.29 is 4.42 Å². The minimum Gasteiger partial charge on any atom is -0.460 e. The largest absolute Gasteiger partial charge is 0.460 e. The van der Waals surface area contributed by atoms with E-state index in [1.165, 1.54) is 61.0 Å². The van der Waals surface area contributed by atoms with Crippen molar-refractivity contribution in [2.24, 2.45) is 0 Å². The maximum absolute atomic E-state index is 6.36. The Bertz CT molecular complexity index is 2160. The molecule has 0 unspecified atom stereocenters. The predicted molar refractivity (Wildman–Crippen MR) is 201 cm³/mol. The molecule has 2 nitrogen and oxygen atoms in total. The molecule has 230 valence electrons. The summed E-state index contributed by atoms with van der Waals surface area (Å²) in [5, 5.41) is 1.20. The zero-order valence-electron chi connectivity index (χ0n) is 27.0. The molecule has 6 aromatic rings. The minimum atomic E-state index is -0.112. The van der Waals surface area contributed by atoms with Gasteiger partial charge >= 0.3 is 0 Å². The van der Waals surface area contributed by atoms with Crippen LogP contribution in [0.1, 0.15) is 48.3 Å². The van der Waals surface area contributed by atoms with Crippen LogP contribution in [-0.2, 0) is 11.8 Å². The van der Waals surface area contributed by atoms with Crippen LogP contribution >= 0.6 is 0 Å². The Labute approximate surface area is 277 Å². The molecule has 1 heterocycles. The van der Waals surface area contributed by atoms with Crippen LogP contribution in [0.2, 0.25) is 0 Å². The lowest BCUT2D eigenvalue weighted by Crippen LogP contribution is -2.15. The summed E-state index contributed by atoms with van der Waals surface area (Å²) in [4.78, 5) is 0. The number of benzene rings is 5. The number of fused-ring (bicyclic) bond motifs is 4. The summed E-state index contributed by atoms with van der Waals surface area (Å²) in [6.45, 7) is 8.64. The van der Waals surface area contributed by atoms with Gasteiger partial charge in [-0.3, -0.25) is 0 Å². The van der Waals surface area contributed by atoms with Crippen molar-refractivity contribution in [2.75, 3.05) is 5.73 Å². The van der Waals surface area contributed by atoms with Gasteiger partial charge in [-0.05, 0) is 86.9 Å². The maximum Gasteiger partial charge on any atom is 0.135 e. The lowest BCUT2D eigenvalue weighted by Gasteiger charge is -2.22. The van der Waals surface area contributed by atoms with E-state index in [9.17, 15) is 0 Å². The van der Waals surface area contributed by atoms with Crippen molar-refractivity contribution in [2.45, 2.75) is 32.1 Å². The van der Waals surface area contributed by atoms with Gasteiger partial charge in [0, 0.05) is 28.5 Å². The number of hydrogen-bond donors (Lipinski definition) is 1. The van der Waals surface area contributed by atoms with Crippen LogP contribution in [0.3, 0.4) is 0 Å². The van der Waals surface area contributed by atoms with E-state index in [1.807, 2.05) is 48.5 Å². The van der Waals surface area contributed by atoms with Crippen molar-refractivity contribution >= 4 is 34.4 Å². The van der Waals surface area contributed by atoms with E-state index in [0.717, 1.165) is 29.9 Å². The summed E-state index contributed by atoms with van der Waals surface area (Å²) in [7, 11) is 0. The number of nitrogen functional groups attached to an aromatic ring is 1. The van der Waals surface area contributed by atoms with Crippen molar-refractivity contribution in [1.29, 1.82) is 0 Å². The van der Waals surface area contributed by atoms with Crippen LogP contribution in [0.5, 0.6) is 0 Å². The third kappa shape index (κ3) is 5.79. The first-order valence-corrected chi connectivity index (χ1v) is 16.3. The molecule has 1 aromatic heterocycles. The molecule has 0 aliphatic heterocycles. The summed E-state index contributed by atoms with van der Waals surface area (Å²) < 4.78 is 6.36. The highest BCUT2D eigenvalue weighted by Crippen LogP contribution is 2.51. The number of furan rings is 1. The molecule has 0 saturated heterocycles. The van der Waals surface area contributed by atoms with Gasteiger partial charge in [0.1, 0.15) is 11.3 Å². The molecule has 2 N–H and O–H groups in total. The van der Waals surface area contributed by atoms with Crippen LogP contribution in [-0.4, -0.2) is 0 Å². The van der Waals surface area contributed by atoms with Crippen molar-refractivity contribution in [3.63, 3.8) is 0 Å². The molecule has 8 rings (SSSR count). The molecule has 47 heavy (non-hydrogen) atoms. The van der Waals surface area contributed by atoms with E-state index in [2.05, 4.69) is 124 Å². The Balaban J connectivity index is 0.000000226. The van der Waals surface area contributed by atoms with Crippen molar-refractivity contribution in [1.82, 2.24) is 0 Å². The smallest absolute Gasteiger partial charge is 0.135 e. The van der Waals surface area contributed by atoms with E-state index in [-0.39, 0.29) is 5.41 Å². The first-order valence-electron chi connectivity index (χ1n) is 16.3. The third-order valence-corrected chi connectivity index (χ3v) is 9.34. The average Bonchev–Trinajstić information content (AvgIpc) is 3.57. The molecular formula is C45H39NO. The SMILES string of the molecule is C=C/C=C1\C(=C/c2cc3oc4c(c3cc2-c2ccccc2)C=CCC4)C(C)(C)c2ccccc21.Nc1ccc(-c2ccccc2)cc1. The highest BCUT2D eigenvalue weighted by Gasteiger charge is 2.37. The van der Waals surface area contributed by atoms with Gasteiger partial charge < -0.3 is 10.2 Å². The van der Waals surface area contributed by atoms with E-state index in [0.29, 0.717) is 0 Å². The standard InChI is InChI=1S/C33H28O.C12H11N/c1-4-12-24-25-15-8-10-17-29(25)33(2,3)30(24)19-23-20-32-28(26-16-9-11-18-31(26)34-32)21-27(23)22-13-6-5-7-14-22;13-12-8-6-11(7-9-12)10-4-2-1-3-5-10/h4-10,12-17,19-21H,1,11,18H2,2-3H3;1-9H,13H2/b24-12-,30-19+;. The number of allylic oxidation sites excluding steroid dienone is 5. The number of nitrogens with two attached hydrogens (primary N) is 1. The highest BCUT2D eigenvalue weighted by atomic mass is 16.3. The van der Waals surface area contributed by atoms with Gasteiger partial charge in [-0.1, -0.05) is 142 Å². The van der Waals surface area contributed by atoms with Crippen LogP contribution in [0.25, 0.3) is 50.9 Å². The van der Waals surface area contributed by atoms with Crippen LogP contribution in [0.4, 0.5) is 5.69 Å². The summed E-state index contributed by atoms with van der Waals surface area (Å²) >= 11 is 0. The molecule has 0 fully saturated rings. The molecule has 0 bridgehead atoms. The molecule has 0 amide bonds. The number of anilines is 1. The zero-order valence-corrected chi connectivity index (χ0v) is 27.0. The Kier molecular flexibility index (Phi) is 8.10. The van der Waals surface area contributed by atoms with Gasteiger partial charge in [0.15, 0.2) is 0 Å². The van der Waals surface area contributed by atoms with Gasteiger partial charge in [-0.25, -0.2) is 0 Å². The summed E-state index contributed by atoms with van der Waals surface area (Å²) in [6, 6.07) is 42.1. The van der Waals surface area contributed by atoms with E-state index in [4.69, 9.17) is 10.2 Å². The van der Waals surface area contributed by atoms with Gasteiger partial charge in [0.25, 0.3) is 0 Å². The van der Waals surface area contributed by atoms with Gasteiger partial charge in [-0.15, -0.1) is 0 Å². The molecular weight excluding hydrogens is 571 g/mol. The lowest BCUT2D eigenvalue weighted by atomic mass is 9.80. The Hall–Kier alpha value is -5.60. The zero-order chi connectivity index (χ0) is 32.4. The van der Waals surface area contributed by atoms with E-state index < -0.39 is 0 Å². The molecule has 5 aromatic carbocycles. The maximum atomic E-state index is 6.36. The Morgan fingerprint density at radius 2 is 1.40 bits per heavy atom. The second kappa shape index (κ2) is 12.7. The molecule has 0 spiro atoms. The summed E-state index contributed by atoms with van der Waals surface area (Å²) in [5.74, 6) is 1.10. The number of hydrogen-bond acceptors (Lipinski definition) is 2. The Morgan fingerprint density at radius 3 is 2.13 bits per heavy atom. The second-order valence-corrected chi connectivity index (χ2v) is 12.7. The van der Waals surface area contributed by atoms with Crippen LogP contribution in [0.15, 0.2) is 156 Å². The van der Waals surface area contributed by atoms with E-state index >= 15 is 0 Å². The molecule has 2 aliphatic rings. The normalized spacial score (nSPS) is 16.0. The molecule has 2 aliphatic carbocycles. The third-order valence-electron chi connectivity index (χ3n) is 9.34. The van der Waals surface area contributed by atoms with Gasteiger partial charge in [0.05, 0.1) is 0 Å². The minimum absolute atomic E-state index is 0.112. The van der Waals surface area contributed by atoms with Crippen molar-refractivity contribution in [3.05, 3.63) is 180 Å². The first-order chi connectivity index (χ1) is 22.9. The van der Waals surface area contributed by atoms with E-state index in [1.54, 1.807) is 0 Å². The molecule has 2 heteroatoms. The summed E-state index contributed by atoms with van der Waals surface area (Å²) in [5.41, 5.74) is 19.8. The summed E-state index contributed by atoms with van der Waals surface area (Å²) in [6.07, 6.45) is 12.9.